The predicted molar refractivity (Wildman–Crippen MR) is 133 cm³/mol. The summed E-state index contributed by atoms with van der Waals surface area (Å²) in [6, 6.07) is 3.74. The van der Waals surface area contributed by atoms with Gasteiger partial charge in [0, 0.05) is 25.8 Å². The minimum absolute atomic E-state index is 0.0648. The van der Waals surface area contributed by atoms with Crippen LogP contribution in [0.5, 0.6) is 5.75 Å². The van der Waals surface area contributed by atoms with Gasteiger partial charge in [0.15, 0.2) is 29.0 Å². The maximum absolute atomic E-state index is 15.1. The summed E-state index contributed by atoms with van der Waals surface area (Å²) in [6.07, 6.45) is 4.74. The zero-order chi connectivity index (χ0) is 26.4. The summed E-state index contributed by atoms with van der Waals surface area (Å²) in [6.45, 7) is 5.17. The molecule has 0 saturated carbocycles. The number of nitrogens with one attached hydrogen (secondary N) is 1. The summed E-state index contributed by atoms with van der Waals surface area (Å²) < 4.78 is 55.7. The van der Waals surface area contributed by atoms with Gasteiger partial charge in [-0.15, -0.1) is 0 Å². The highest BCUT2D eigenvalue weighted by Crippen LogP contribution is 2.37. The highest BCUT2D eigenvalue weighted by atomic mass is 19.2. The van der Waals surface area contributed by atoms with Gasteiger partial charge in [0.1, 0.15) is 18.5 Å². The van der Waals surface area contributed by atoms with Gasteiger partial charge in [-0.05, 0) is 37.5 Å². The van der Waals surface area contributed by atoms with Crippen LogP contribution in [0.3, 0.4) is 0 Å². The zero-order valence-corrected chi connectivity index (χ0v) is 20.4. The topological polar surface area (TPSA) is 92.7 Å². The molecule has 12 heteroatoms. The summed E-state index contributed by atoms with van der Waals surface area (Å²) in [7, 11) is 0. The van der Waals surface area contributed by atoms with E-state index in [4.69, 9.17) is 9.47 Å². The van der Waals surface area contributed by atoms with Crippen molar-refractivity contribution < 1.29 is 27.4 Å². The van der Waals surface area contributed by atoms with E-state index in [0.29, 0.717) is 26.1 Å². The largest absolute Gasteiger partial charge is 0.488 e. The fraction of sp³-hybridized carbons (Fsp3) is 0.385. The minimum Gasteiger partial charge on any atom is -0.488 e. The number of likely N-dealkylation sites (tertiary alicyclic amines) is 1. The summed E-state index contributed by atoms with van der Waals surface area (Å²) in [5.74, 6) is -3.03. The smallest absolute Gasteiger partial charge is 0.246 e. The molecule has 0 unspecified atom stereocenters. The third-order valence-corrected chi connectivity index (χ3v) is 7.26. The van der Waals surface area contributed by atoms with Gasteiger partial charge in [0.05, 0.1) is 29.4 Å². The first-order valence-corrected chi connectivity index (χ1v) is 12.4. The standard InChI is InChI=1S/C26H25F3N6O3/c1-2-21(36)34-10-15-8-14(34)11-35(15)26-17(27)9-19-24(33-26)25(31-13-30-19)32-18-5-6-20(23(29)22(18)28)38-12-16-4-3-7-37-16/h2,5-6,9,13-16H,1,3-4,7-8,10-12H2,(H,30,31,32)/t14-,15-,16+/m0/s1. The van der Waals surface area contributed by atoms with Crippen molar-refractivity contribution in [1.82, 2.24) is 19.9 Å². The average molecular weight is 527 g/mol. The highest BCUT2D eigenvalue weighted by molar-refractivity contribution is 5.89. The van der Waals surface area contributed by atoms with Gasteiger partial charge in [-0.2, -0.15) is 4.39 Å². The van der Waals surface area contributed by atoms with Crippen molar-refractivity contribution in [1.29, 1.82) is 0 Å². The van der Waals surface area contributed by atoms with E-state index in [1.165, 1.54) is 30.6 Å². The second kappa shape index (κ2) is 9.75. The number of hydrogen-bond donors (Lipinski definition) is 1. The van der Waals surface area contributed by atoms with Gasteiger partial charge in [-0.25, -0.2) is 23.7 Å². The number of fused-ring (bicyclic) bond motifs is 3. The SMILES string of the molecule is C=CC(=O)N1C[C@@H]2C[C@H]1CN2c1nc2c(Nc3ccc(OC[C@H]4CCCO4)c(F)c3F)ncnc2cc1F. The molecular weight excluding hydrogens is 501 g/mol. The fourth-order valence-corrected chi connectivity index (χ4v) is 5.38. The van der Waals surface area contributed by atoms with E-state index < -0.39 is 17.5 Å². The van der Waals surface area contributed by atoms with Crippen LogP contribution in [0, 0.1) is 17.5 Å². The monoisotopic (exact) mass is 526 g/mol. The Labute approximate surface area is 216 Å². The molecule has 0 spiro atoms. The fourth-order valence-electron chi connectivity index (χ4n) is 5.38. The van der Waals surface area contributed by atoms with E-state index in [2.05, 4.69) is 26.8 Å². The van der Waals surface area contributed by atoms with E-state index in [0.717, 1.165) is 12.8 Å². The Morgan fingerprint density at radius 2 is 2.08 bits per heavy atom. The Bertz CT molecular complexity index is 1420. The van der Waals surface area contributed by atoms with Crippen LogP contribution in [0.25, 0.3) is 11.0 Å². The van der Waals surface area contributed by atoms with Crippen LogP contribution >= 0.6 is 0 Å². The minimum atomic E-state index is -1.15. The number of ether oxygens (including phenoxy) is 2. The van der Waals surface area contributed by atoms with Crippen molar-refractivity contribution in [3.63, 3.8) is 0 Å². The summed E-state index contributed by atoms with van der Waals surface area (Å²) in [4.78, 5) is 28.4. The molecule has 2 aromatic heterocycles. The molecule has 38 heavy (non-hydrogen) atoms. The molecule has 3 aliphatic rings. The molecule has 3 atom stereocenters. The Hall–Kier alpha value is -3.93. The van der Waals surface area contributed by atoms with E-state index in [1.807, 2.05) is 4.90 Å². The summed E-state index contributed by atoms with van der Waals surface area (Å²) >= 11 is 0. The summed E-state index contributed by atoms with van der Waals surface area (Å²) in [5.41, 5.74) is 0.219. The molecular formula is C26H25F3N6O3. The second-order valence-corrected chi connectivity index (χ2v) is 9.58. The maximum atomic E-state index is 15.1. The zero-order valence-electron chi connectivity index (χ0n) is 20.4. The van der Waals surface area contributed by atoms with Crippen LogP contribution < -0.4 is 15.0 Å². The van der Waals surface area contributed by atoms with Crippen LogP contribution in [-0.2, 0) is 9.53 Å². The average Bonchev–Trinajstić information content (AvgIpc) is 3.68. The third kappa shape index (κ3) is 4.28. The van der Waals surface area contributed by atoms with Gasteiger partial charge >= 0.3 is 0 Å². The lowest BCUT2D eigenvalue weighted by Crippen LogP contribution is -2.48. The number of aromatic nitrogens is 3. The number of anilines is 3. The molecule has 1 amide bonds. The molecule has 5 heterocycles. The van der Waals surface area contributed by atoms with E-state index in [-0.39, 0.29) is 64.8 Å². The maximum Gasteiger partial charge on any atom is 0.246 e. The van der Waals surface area contributed by atoms with Gasteiger partial charge in [-0.3, -0.25) is 4.79 Å². The quantitative estimate of drug-likeness (QED) is 0.466. The molecule has 6 rings (SSSR count). The molecule has 9 nitrogen and oxygen atoms in total. The molecule has 3 saturated heterocycles. The molecule has 3 aliphatic heterocycles. The van der Waals surface area contributed by atoms with Crippen LogP contribution in [0.4, 0.5) is 30.5 Å². The number of carbonyl (C=O) groups is 1. The molecule has 1 N–H and O–H groups in total. The first-order valence-electron chi connectivity index (χ1n) is 12.4. The van der Waals surface area contributed by atoms with Crippen molar-refractivity contribution in [3.8, 4) is 5.75 Å². The molecule has 3 aromatic rings. The number of hydrogen-bond acceptors (Lipinski definition) is 8. The molecule has 1 aromatic carbocycles. The predicted octanol–water partition coefficient (Wildman–Crippen LogP) is 3.72. The molecule has 3 fully saturated rings. The van der Waals surface area contributed by atoms with Crippen LogP contribution in [0.15, 0.2) is 37.2 Å². The van der Waals surface area contributed by atoms with Gasteiger partial charge in [0.2, 0.25) is 11.7 Å². The van der Waals surface area contributed by atoms with Crippen molar-refractivity contribution in [3.05, 3.63) is 54.6 Å². The van der Waals surface area contributed by atoms with Crippen molar-refractivity contribution >= 4 is 34.3 Å². The molecule has 2 bridgehead atoms. The third-order valence-electron chi connectivity index (χ3n) is 7.26. The first kappa shape index (κ1) is 24.4. The Balaban J connectivity index is 1.25. The number of pyridine rings is 1. The van der Waals surface area contributed by atoms with Crippen LogP contribution in [0.2, 0.25) is 0 Å². The number of halogens is 3. The van der Waals surface area contributed by atoms with Crippen LogP contribution in [-0.4, -0.2) is 70.2 Å². The molecule has 0 radical (unpaired) electrons. The number of rotatable bonds is 7. The number of amides is 1. The lowest BCUT2D eigenvalue weighted by atomic mass is 10.2. The number of nitrogens with zero attached hydrogens (tertiary/aromatic N) is 5. The normalized spacial score (nSPS) is 22.3. The first-order chi connectivity index (χ1) is 18.4. The molecule has 198 valence electrons. The second-order valence-electron chi connectivity index (χ2n) is 9.58. The number of benzene rings is 1. The van der Waals surface area contributed by atoms with Crippen LogP contribution in [0.1, 0.15) is 19.3 Å². The Kier molecular flexibility index (Phi) is 6.26. The summed E-state index contributed by atoms with van der Waals surface area (Å²) in [5, 5.41) is 2.77. The number of piperazine rings is 1. The Morgan fingerprint density at radius 3 is 2.82 bits per heavy atom. The number of carbonyl (C=O) groups excluding carboxylic acids is 1. The van der Waals surface area contributed by atoms with Gasteiger partial charge in [0.25, 0.3) is 0 Å². The van der Waals surface area contributed by atoms with Crippen molar-refractivity contribution in [2.24, 2.45) is 0 Å². The van der Waals surface area contributed by atoms with Crippen molar-refractivity contribution in [2.75, 3.05) is 36.5 Å². The lowest BCUT2D eigenvalue weighted by molar-refractivity contribution is -0.127. The van der Waals surface area contributed by atoms with E-state index >= 15 is 4.39 Å². The Morgan fingerprint density at radius 1 is 1.21 bits per heavy atom. The van der Waals surface area contributed by atoms with Gasteiger partial charge in [-0.1, -0.05) is 6.58 Å². The van der Waals surface area contributed by atoms with Gasteiger partial charge < -0.3 is 24.6 Å². The van der Waals surface area contributed by atoms with E-state index in [1.54, 1.807) is 4.90 Å². The van der Waals surface area contributed by atoms with Crippen molar-refractivity contribution in [2.45, 2.75) is 37.5 Å². The molecule has 0 aliphatic carbocycles. The highest BCUT2D eigenvalue weighted by Gasteiger charge is 2.46. The van der Waals surface area contributed by atoms with E-state index in [9.17, 15) is 13.6 Å². The lowest BCUT2D eigenvalue weighted by Gasteiger charge is -2.34.